The van der Waals surface area contributed by atoms with Crippen LogP contribution in [0.15, 0.2) is 142 Å². The Balaban J connectivity index is 1.92. The van der Waals surface area contributed by atoms with Crippen molar-refractivity contribution in [2.75, 3.05) is 0 Å². The van der Waals surface area contributed by atoms with Gasteiger partial charge in [0.15, 0.2) is 0 Å². The molecule has 0 saturated carbocycles. The molecule has 0 nitrogen and oxygen atoms in total. The maximum Gasteiger partial charge on any atom is -0.00977 e. The van der Waals surface area contributed by atoms with Gasteiger partial charge in [0.05, 0.1) is 0 Å². The van der Waals surface area contributed by atoms with E-state index < -0.39 is 0 Å². The van der Waals surface area contributed by atoms with Gasteiger partial charge in [0.1, 0.15) is 0 Å². The van der Waals surface area contributed by atoms with Gasteiger partial charge in [-0.1, -0.05) is 160 Å². The van der Waals surface area contributed by atoms with Crippen LogP contribution in [0.3, 0.4) is 0 Å². The summed E-state index contributed by atoms with van der Waals surface area (Å²) in [6.07, 6.45) is 35.4. The van der Waals surface area contributed by atoms with Gasteiger partial charge in [-0.25, -0.2) is 0 Å². The first-order valence-electron chi connectivity index (χ1n) is 15.8. The zero-order valence-corrected chi connectivity index (χ0v) is 28.7. The molecule has 0 aromatic carbocycles. The first-order valence-corrected chi connectivity index (χ1v) is 15.8. The molecule has 226 valence electrons. The van der Waals surface area contributed by atoms with Crippen molar-refractivity contribution in [2.45, 2.75) is 102 Å². The Morgan fingerprint density at radius 3 is 1.60 bits per heavy atom. The molecule has 2 aliphatic carbocycles. The van der Waals surface area contributed by atoms with Crippen molar-refractivity contribution in [2.24, 2.45) is 16.7 Å². The van der Waals surface area contributed by atoms with Crippen LogP contribution in [0.2, 0.25) is 0 Å². The summed E-state index contributed by atoms with van der Waals surface area (Å²) >= 11 is 0. The molecule has 2 rings (SSSR count). The van der Waals surface area contributed by atoms with Crippen LogP contribution in [-0.2, 0) is 0 Å². The van der Waals surface area contributed by atoms with Crippen LogP contribution < -0.4 is 0 Å². The van der Waals surface area contributed by atoms with Gasteiger partial charge in [0.25, 0.3) is 0 Å². The molecule has 0 bridgehead atoms. The third-order valence-electron chi connectivity index (χ3n) is 9.10. The van der Waals surface area contributed by atoms with E-state index in [9.17, 15) is 0 Å². The standard InChI is InChI=1S/C42H58/c1-31(19-15-21-33(3)23-25-39-37(7)35(5)27-29-41(39,9)10)17-13-14-18-32(2)20-16-22-34(4)24-26-40-38(8)36(6)28-30-42(40,11)12/h13-26,36H,5,27-30H2,1-4,6-12H3/b14-13+,19-15+,20-16+,25-23+,26-24+,31-17+,32-18+,33-21+,34-22+. The smallest absolute Gasteiger partial charge is 0.00977 e. The highest BCUT2D eigenvalue weighted by Crippen LogP contribution is 2.44. The fourth-order valence-electron chi connectivity index (χ4n) is 5.69. The second-order valence-corrected chi connectivity index (χ2v) is 13.9. The molecule has 0 amide bonds. The first kappa shape index (κ1) is 35.1. The minimum absolute atomic E-state index is 0.210. The summed E-state index contributed by atoms with van der Waals surface area (Å²) in [6, 6.07) is 0. The molecule has 42 heavy (non-hydrogen) atoms. The Bertz CT molecular complexity index is 1320. The summed E-state index contributed by atoms with van der Waals surface area (Å²) in [4.78, 5) is 0. The number of rotatable bonds is 10. The van der Waals surface area contributed by atoms with Crippen molar-refractivity contribution in [3.63, 3.8) is 0 Å². The Kier molecular flexibility index (Phi) is 13.3. The second kappa shape index (κ2) is 15.9. The van der Waals surface area contributed by atoms with Crippen molar-refractivity contribution in [1.29, 1.82) is 0 Å². The van der Waals surface area contributed by atoms with Crippen molar-refractivity contribution in [3.8, 4) is 0 Å². The minimum Gasteiger partial charge on any atom is -0.0956 e. The van der Waals surface area contributed by atoms with Crippen molar-refractivity contribution >= 4 is 0 Å². The van der Waals surface area contributed by atoms with E-state index in [2.05, 4.69) is 168 Å². The largest absolute Gasteiger partial charge is 0.0956 e. The van der Waals surface area contributed by atoms with Gasteiger partial charge in [-0.15, -0.1) is 0 Å². The normalized spacial score (nSPS) is 23.3. The van der Waals surface area contributed by atoms with Crippen LogP contribution in [0.5, 0.6) is 0 Å². The Morgan fingerprint density at radius 1 is 0.643 bits per heavy atom. The Morgan fingerprint density at radius 2 is 1.07 bits per heavy atom. The highest BCUT2D eigenvalue weighted by atomic mass is 14.3. The summed E-state index contributed by atoms with van der Waals surface area (Å²) < 4.78 is 0. The molecule has 0 N–H and O–H groups in total. The predicted molar refractivity (Wildman–Crippen MR) is 190 cm³/mol. The number of hydrogen-bond donors (Lipinski definition) is 0. The third-order valence-corrected chi connectivity index (χ3v) is 9.10. The molecule has 0 spiro atoms. The van der Waals surface area contributed by atoms with E-state index in [1.165, 1.54) is 63.8 Å². The SMILES string of the molecule is C=C1CCC(C)(C)C(/C=C/C(C)=C/C=C/C(C)=C/C=C/C=C(C)/C=C/C=C(C)/C=C/C2=C(C)C(C)CCC2(C)C)=C1C. The predicted octanol–water partition coefficient (Wildman–Crippen LogP) is 13.0. The highest BCUT2D eigenvalue weighted by Gasteiger charge is 2.30. The fourth-order valence-corrected chi connectivity index (χ4v) is 5.69. The minimum atomic E-state index is 0.210. The molecule has 0 aromatic heterocycles. The maximum atomic E-state index is 4.25. The van der Waals surface area contributed by atoms with Crippen LogP contribution >= 0.6 is 0 Å². The fraction of sp³-hybridized carbons (Fsp3) is 0.429. The van der Waals surface area contributed by atoms with Gasteiger partial charge in [0.2, 0.25) is 0 Å². The van der Waals surface area contributed by atoms with Crippen LogP contribution in [0.4, 0.5) is 0 Å². The number of allylic oxidation sites excluding steroid dienone is 23. The lowest BCUT2D eigenvalue weighted by atomic mass is 9.69. The van der Waals surface area contributed by atoms with Crippen molar-refractivity contribution < 1.29 is 0 Å². The molecule has 0 radical (unpaired) electrons. The monoisotopic (exact) mass is 562 g/mol. The van der Waals surface area contributed by atoms with E-state index in [0.29, 0.717) is 5.92 Å². The molecule has 2 aliphatic rings. The summed E-state index contributed by atoms with van der Waals surface area (Å²) in [5, 5.41) is 0. The van der Waals surface area contributed by atoms with E-state index in [1.54, 1.807) is 5.57 Å². The van der Waals surface area contributed by atoms with Gasteiger partial charge in [-0.05, 0) is 101 Å². The highest BCUT2D eigenvalue weighted by molar-refractivity contribution is 5.45. The summed E-state index contributed by atoms with van der Waals surface area (Å²) in [7, 11) is 0. The van der Waals surface area contributed by atoms with E-state index in [-0.39, 0.29) is 10.8 Å². The lowest BCUT2D eigenvalue weighted by molar-refractivity contribution is 0.339. The molecule has 1 unspecified atom stereocenters. The van der Waals surface area contributed by atoms with Crippen LogP contribution in [0.25, 0.3) is 0 Å². The second-order valence-electron chi connectivity index (χ2n) is 13.9. The van der Waals surface area contributed by atoms with Crippen LogP contribution in [0, 0.1) is 16.7 Å². The molecule has 0 heterocycles. The topological polar surface area (TPSA) is 0 Å². The Labute approximate surface area is 259 Å². The lowest BCUT2D eigenvalue weighted by Crippen LogP contribution is -2.23. The van der Waals surface area contributed by atoms with Crippen LogP contribution in [0.1, 0.15) is 102 Å². The molecule has 0 aromatic rings. The summed E-state index contributed by atoms with van der Waals surface area (Å²) in [6.45, 7) is 29.2. The molecular weight excluding hydrogens is 504 g/mol. The summed E-state index contributed by atoms with van der Waals surface area (Å²) in [5.74, 6) is 0.689. The molecule has 0 aliphatic heterocycles. The number of hydrogen-bond acceptors (Lipinski definition) is 0. The average molecular weight is 563 g/mol. The third kappa shape index (κ3) is 10.9. The van der Waals surface area contributed by atoms with Gasteiger partial charge in [-0.2, -0.15) is 0 Å². The van der Waals surface area contributed by atoms with Gasteiger partial charge >= 0.3 is 0 Å². The van der Waals surface area contributed by atoms with Gasteiger partial charge in [0, 0.05) is 0 Å². The average Bonchev–Trinajstić information content (AvgIpc) is 2.91. The van der Waals surface area contributed by atoms with Gasteiger partial charge < -0.3 is 0 Å². The zero-order chi connectivity index (χ0) is 31.5. The van der Waals surface area contributed by atoms with E-state index in [4.69, 9.17) is 0 Å². The zero-order valence-electron chi connectivity index (χ0n) is 28.7. The lowest BCUT2D eigenvalue weighted by Gasteiger charge is -2.36. The Hall–Kier alpha value is -3.12. The van der Waals surface area contributed by atoms with Gasteiger partial charge in [-0.3, -0.25) is 0 Å². The maximum absolute atomic E-state index is 4.25. The van der Waals surface area contributed by atoms with E-state index in [1.807, 2.05) is 0 Å². The molecule has 1 atom stereocenters. The van der Waals surface area contributed by atoms with E-state index >= 15 is 0 Å². The quantitative estimate of drug-likeness (QED) is 0.232. The first-order chi connectivity index (χ1) is 19.6. The molecular formula is C42H58. The molecule has 0 saturated heterocycles. The van der Waals surface area contributed by atoms with Crippen molar-refractivity contribution in [3.05, 3.63) is 142 Å². The molecule has 0 fully saturated rings. The van der Waals surface area contributed by atoms with Crippen LogP contribution in [-0.4, -0.2) is 0 Å². The summed E-state index contributed by atoms with van der Waals surface area (Å²) in [5.41, 5.74) is 12.5. The van der Waals surface area contributed by atoms with Crippen molar-refractivity contribution in [1.82, 2.24) is 0 Å². The molecule has 0 heteroatoms. The van der Waals surface area contributed by atoms with E-state index in [0.717, 1.165) is 6.42 Å².